The fourth-order valence-corrected chi connectivity index (χ4v) is 1.63. The first-order chi connectivity index (χ1) is 9.23. The summed E-state index contributed by atoms with van der Waals surface area (Å²) >= 11 is 0. The van der Waals surface area contributed by atoms with Crippen molar-refractivity contribution in [3.05, 3.63) is 0 Å². The van der Waals surface area contributed by atoms with E-state index in [1.165, 1.54) is 4.90 Å². The number of carbonyl (C=O) groups excluding carboxylic acids is 2. The molecule has 0 aromatic heterocycles. The van der Waals surface area contributed by atoms with Gasteiger partial charge in [-0.3, -0.25) is 9.59 Å². The van der Waals surface area contributed by atoms with Gasteiger partial charge in [0.1, 0.15) is 0 Å². The molecule has 0 atom stereocenters. The van der Waals surface area contributed by atoms with Crippen LogP contribution in [0.3, 0.4) is 0 Å². The summed E-state index contributed by atoms with van der Waals surface area (Å²) in [5.41, 5.74) is 0. The minimum atomic E-state index is -0.884. The molecule has 0 saturated heterocycles. The molecule has 0 heterocycles. The van der Waals surface area contributed by atoms with Gasteiger partial charge >= 0.3 is 12.0 Å². The molecule has 0 aliphatic heterocycles. The van der Waals surface area contributed by atoms with E-state index < -0.39 is 5.97 Å². The van der Waals surface area contributed by atoms with Crippen LogP contribution in [-0.4, -0.2) is 53.1 Å². The molecule has 0 radical (unpaired) electrons. The van der Waals surface area contributed by atoms with Gasteiger partial charge in [0.2, 0.25) is 5.91 Å². The van der Waals surface area contributed by atoms with Crippen molar-refractivity contribution in [3.63, 3.8) is 0 Å². The van der Waals surface area contributed by atoms with Crippen molar-refractivity contribution in [2.24, 2.45) is 0 Å². The fraction of sp³-hybridized carbons (Fsp3) is 0.769. The molecule has 0 fully saturated rings. The zero-order chi connectivity index (χ0) is 15.7. The van der Waals surface area contributed by atoms with Crippen molar-refractivity contribution in [3.8, 4) is 0 Å². The standard InChI is InChI=1S/C13H25N3O4/c1-9(2)15-11(17)8-14-13(20)16(10(3)4)7-5-6-12(18)19/h9-10H,5-8H2,1-4H3,(H,14,20)(H,15,17)(H,18,19). The van der Waals surface area contributed by atoms with Crippen LogP contribution in [0.1, 0.15) is 40.5 Å². The van der Waals surface area contributed by atoms with Gasteiger partial charge in [0.15, 0.2) is 0 Å². The Kier molecular flexibility index (Phi) is 8.35. The van der Waals surface area contributed by atoms with Crippen molar-refractivity contribution in [1.29, 1.82) is 0 Å². The molecular formula is C13H25N3O4. The Bertz CT molecular complexity index is 343. The molecule has 7 heteroatoms. The monoisotopic (exact) mass is 287 g/mol. The molecule has 116 valence electrons. The zero-order valence-corrected chi connectivity index (χ0v) is 12.6. The van der Waals surface area contributed by atoms with Gasteiger partial charge in [-0.25, -0.2) is 4.79 Å². The first-order valence-corrected chi connectivity index (χ1v) is 6.79. The number of carboxylic acids is 1. The van der Waals surface area contributed by atoms with Gasteiger partial charge in [0, 0.05) is 25.0 Å². The Morgan fingerprint density at radius 1 is 1.15 bits per heavy atom. The summed E-state index contributed by atoms with van der Waals surface area (Å²) in [7, 11) is 0. The van der Waals surface area contributed by atoms with Gasteiger partial charge in [-0.2, -0.15) is 0 Å². The number of hydrogen-bond donors (Lipinski definition) is 3. The average Bonchev–Trinajstić information content (AvgIpc) is 2.30. The summed E-state index contributed by atoms with van der Waals surface area (Å²) in [5, 5.41) is 13.8. The van der Waals surface area contributed by atoms with Crippen LogP contribution >= 0.6 is 0 Å². The summed E-state index contributed by atoms with van der Waals surface area (Å²) < 4.78 is 0. The topological polar surface area (TPSA) is 98.7 Å². The maximum atomic E-state index is 11.9. The lowest BCUT2D eigenvalue weighted by Crippen LogP contribution is -2.48. The molecule has 0 aromatic carbocycles. The highest BCUT2D eigenvalue weighted by atomic mass is 16.4. The Hall–Kier alpha value is -1.79. The van der Waals surface area contributed by atoms with Crippen molar-refractivity contribution in [1.82, 2.24) is 15.5 Å². The molecule has 0 unspecified atom stereocenters. The maximum absolute atomic E-state index is 11.9. The summed E-state index contributed by atoms with van der Waals surface area (Å²) in [6.45, 7) is 7.63. The van der Waals surface area contributed by atoms with Gasteiger partial charge < -0.3 is 20.6 Å². The van der Waals surface area contributed by atoms with Crippen molar-refractivity contribution < 1.29 is 19.5 Å². The number of carboxylic acid groups (broad SMARTS) is 1. The number of urea groups is 1. The van der Waals surface area contributed by atoms with E-state index in [4.69, 9.17) is 5.11 Å². The summed E-state index contributed by atoms with van der Waals surface area (Å²) in [6, 6.07) is -0.391. The van der Waals surface area contributed by atoms with Crippen LogP contribution in [0.4, 0.5) is 4.79 Å². The molecule has 3 amide bonds. The van der Waals surface area contributed by atoms with Gasteiger partial charge in [-0.15, -0.1) is 0 Å². The molecule has 20 heavy (non-hydrogen) atoms. The lowest BCUT2D eigenvalue weighted by Gasteiger charge is -2.26. The van der Waals surface area contributed by atoms with E-state index in [2.05, 4.69) is 10.6 Å². The molecule has 0 aliphatic rings. The third kappa shape index (κ3) is 8.34. The molecule has 0 aliphatic carbocycles. The zero-order valence-electron chi connectivity index (χ0n) is 12.6. The predicted octanol–water partition coefficient (Wildman–Crippen LogP) is 0.796. The number of carbonyl (C=O) groups is 3. The normalized spacial score (nSPS) is 10.5. The molecule has 7 nitrogen and oxygen atoms in total. The van der Waals surface area contributed by atoms with Crippen LogP contribution in [0.15, 0.2) is 0 Å². The lowest BCUT2D eigenvalue weighted by atomic mass is 10.2. The third-order valence-electron chi connectivity index (χ3n) is 2.52. The SMILES string of the molecule is CC(C)NC(=O)CNC(=O)N(CCCC(=O)O)C(C)C. The highest BCUT2D eigenvalue weighted by molar-refractivity contribution is 5.84. The molecule has 0 rings (SSSR count). The van der Waals surface area contributed by atoms with Crippen molar-refractivity contribution >= 4 is 17.9 Å². The average molecular weight is 287 g/mol. The number of aliphatic carboxylic acids is 1. The Morgan fingerprint density at radius 2 is 1.75 bits per heavy atom. The molecule has 3 N–H and O–H groups in total. The van der Waals surface area contributed by atoms with Gasteiger partial charge in [-0.05, 0) is 34.1 Å². The highest BCUT2D eigenvalue weighted by Crippen LogP contribution is 2.02. The second kappa shape index (κ2) is 9.17. The first kappa shape index (κ1) is 18.2. The van der Waals surface area contributed by atoms with Crippen LogP contribution in [-0.2, 0) is 9.59 Å². The number of nitrogens with zero attached hydrogens (tertiary/aromatic N) is 1. The molecule has 0 spiro atoms. The molecule has 0 saturated carbocycles. The number of amides is 3. The van der Waals surface area contributed by atoms with Crippen LogP contribution in [0, 0.1) is 0 Å². The minimum absolute atomic E-state index is 0.0182. The van der Waals surface area contributed by atoms with Crippen LogP contribution in [0.2, 0.25) is 0 Å². The number of nitrogens with one attached hydrogen (secondary N) is 2. The lowest BCUT2D eigenvalue weighted by molar-refractivity contribution is -0.137. The van der Waals surface area contributed by atoms with E-state index in [1.807, 2.05) is 27.7 Å². The molecular weight excluding hydrogens is 262 g/mol. The minimum Gasteiger partial charge on any atom is -0.481 e. The van der Waals surface area contributed by atoms with Gasteiger partial charge in [0.05, 0.1) is 6.54 Å². The van der Waals surface area contributed by atoms with Gasteiger partial charge in [-0.1, -0.05) is 0 Å². The maximum Gasteiger partial charge on any atom is 0.318 e. The van der Waals surface area contributed by atoms with E-state index in [-0.39, 0.29) is 37.0 Å². The Morgan fingerprint density at radius 3 is 2.20 bits per heavy atom. The fourth-order valence-electron chi connectivity index (χ4n) is 1.63. The first-order valence-electron chi connectivity index (χ1n) is 6.79. The summed E-state index contributed by atoms with van der Waals surface area (Å²) in [6.07, 6.45) is 0.406. The Balaban J connectivity index is 4.22. The largest absolute Gasteiger partial charge is 0.481 e. The number of hydrogen-bond acceptors (Lipinski definition) is 3. The van der Waals surface area contributed by atoms with Crippen LogP contribution < -0.4 is 10.6 Å². The van der Waals surface area contributed by atoms with E-state index in [9.17, 15) is 14.4 Å². The third-order valence-corrected chi connectivity index (χ3v) is 2.52. The summed E-state index contributed by atoms with van der Waals surface area (Å²) in [4.78, 5) is 35.4. The highest BCUT2D eigenvalue weighted by Gasteiger charge is 2.17. The van der Waals surface area contributed by atoms with E-state index in [0.29, 0.717) is 13.0 Å². The quantitative estimate of drug-likeness (QED) is 0.615. The van der Waals surface area contributed by atoms with Crippen molar-refractivity contribution in [2.75, 3.05) is 13.1 Å². The molecule has 0 aromatic rings. The van der Waals surface area contributed by atoms with E-state index >= 15 is 0 Å². The number of rotatable bonds is 8. The van der Waals surface area contributed by atoms with Gasteiger partial charge in [0.25, 0.3) is 0 Å². The smallest absolute Gasteiger partial charge is 0.318 e. The predicted molar refractivity (Wildman–Crippen MR) is 75.4 cm³/mol. The summed E-state index contributed by atoms with van der Waals surface area (Å²) in [5.74, 6) is -1.13. The van der Waals surface area contributed by atoms with Crippen LogP contribution in [0.5, 0.6) is 0 Å². The second-order valence-electron chi connectivity index (χ2n) is 5.17. The van der Waals surface area contributed by atoms with Crippen LogP contribution in [0.25, 0.3) is 0 Å². The Labute approximate surface area is 119 Å². The second-order valence-corrected chi connectivity index (χ2v) is 5.17. The van der Waals surface area contributed by atoms with E-state index in [1.54, 1.807) is 0 Å². The van der Waals surface area contributed by atoms with E-state index in [0.717, 1.165) is 0 Å². The van der Waals surface area contributed by atoms with Crippen molar-refractivity contribution in [2.45, 2.75) is 52.6 Å². The molecule has 0 bridgehead atoms.